The number of nitrogens with zero attached hydrogens (tertiary/aromatic N) is 1. The SMILES string of the molecule is C=C[C@H](C(C)C)N1C(=O)c2ccccc2C1=O. The van der Waals surface area contributed by atoms with Gasteiger partial charge in [0.15, 0.2) is 0 Å². The Morgan fingerprint density at radius 3 is 1.94 bits per heavy atom. The predicted octanol–water partition coefficient (Wildman–Crippen LogP) is 2.49. The number of carbonyl (C=O) groups is 2. The molecule has 1 aromatic carbocycles. The van der Waals surface area contributed by atoms with Gasteiger partial charge in [0.2, 0.25) is 0 Å². The second-order valence-electron chi connectivity index (χ2n) is 4.50. The molecule has 17 heavy (non-hydrogen) atoms. The standard InChI is InChI=1S/C14H15NO2/c1-4-12(9(2)3)15-13(16)10-7-5-6-8-11(10)14(15)17/h4-9,12H,1H2,2-3H3/t12-/m1/s1. The van der Waals surface area contributed by atoms with E-state index in [1.54, 1.807) is 30.3 Å². The van der Waals surface area contributed by atoms with Gasteiger partial charge in [-0.15, -0.1) is 6.58 Å². The van der Waals surface area contributed by atoms with E-state index >= 15 is 0 Å². The Hall–Kier alpha value is -1.90. The monoisotopic (exact) mass is 229 g/mol. The topological polar surface area (TPSA) is 37.4 Å². The van der Waals surface area contributed by atoms with Crippen LogP contribution >= 0.6 is 0 Å². The molecule has 1 aliphatic heterocycles. The molecule has 0 saturated heterocycles. The van der Waals surface area contributed by atoms with Crippen molar-refractivity contribution >= 4 is 11.8 Å². The summed E-state index contributed by atoms with van der Waals surface area (Å²) in [6.45, 7) is 7.65. The Morgan fingerprint density at radius 1 is 1.12 bits per heavy atom. The maximum Gasteiger partial charge on any atom is 0.262 e. The molecule has 0 aliphatic carbocycles. The number of hydrogen-bond donors (Lipinski definition) is 0. The summed E-state index contributed by atoms with van der Waals surface area (Å²) in [5.41, 5.74) is 0.981. The summed E-state index contributed by atoms with van der Waals surface area (Å²) < 4.78 is 0. The first kappa shape index (κ1) is 11.6. The van der Waals surface area contributed by atoms with Crippen LogP contribution in [-0.2, 0) is 0 Å². The molecule has 1 aromatic rings. The zero-order valence-electron chi connectivity index (χ0n) is 10.0. The average molecular weight is 229 g/mol. The van der Waals surface area contributed by atoms with Gasteiger partial charge >= 0.3 is 0 Å². The smallest absolute Gasteiger partial charge is 0.262 e. The Kier molecular flexibility index (Phi) is 2.84. The van der Waals surface area contributed by atoms with Crippen LogP contribution in [0.5, 0.6) is 0 Å². The van der Waals surface area contributed by atoms with Crippen molar-refractivity contribution in [2.24, 2.45) is 5.92 Å². The van der Waals surface area contributed by atoms with Crippen LogP contribution < -0.4 is 0 Å². The van der Waals surface area contributed by atoms with E-state index in [4.69, 9.17) is 0 Å². The van der Waals surface area contributed by atoms with Crippen molar-refractivity contribution in [3.05, 3.63) is 48.0 Å². The molecule has 0 unspecified atom stereocenters. The lowest BCUT2D eigenvalue weighted by atomic mass is 10.0. The van der Waals surface area contributed by atoms with E-state index in [2.05, 4.69) is 6.58 Å². The molecule has 0 spiro atoms. The van der Waals surface area contributed by atoms with Crippen LogP contribution in [0.3, 0.4) is 0 Å². The summed E-state index contributed by atoms with van der Waals surface area (Å²) in [4.78, 5) is 25.6. The van der Waals surface area contributed by atoms with Crippen molar-refractivity contribution < 1.29 is 9.59 Å². The summed E-state index contributed by atoms with van der Waals surface area (Å²) in [7, 11) is 0. The minimum absolute atomic E-state index is 0.162. The molecule has 0 aromatic heterocycles. The van der Waals surface area contributed by atoms with E-state index in [9.17, 15) is 9.59 Å². The first-order valence-electron chi connectivity index (χ1n) is 5.67. The molecule has 0 N–H and O–H groups in total. The molecule has 3 nitrogen and oxygen atoms in total. The van der Waals surface area contributed by atoms with Gasteiger partial charge < -0.3 is 0 Å². The van der Waals surface area contributed by atoms with Crippen LogP contribution in [-0.4, -0.2) is 22.8 Å². The number of hydrogen-bond acceptors (Lipinski definition) is 2. The number of amides is 2. The molecule has 1 heterocycles. The summed E-state index contributed by atoms with van der Waals surface area (Å²) in [5, 5.41) is 0. The Labute approximate surface area is 101 Å². The Morgan fingerprint density at radius 2 is 1.59 bits per heavy atom. The molecular formula is C14H15NO2. The zero-order valence-corrected chi connectivity index (χ0v) is 10.0. The highest BCUT2D eigenvalue weighted by Gasteiger charge is 2.39. The van der Waals surface area contributed by atoms with E-state index in [1.165, 1.54) is 4.90 Å². The Bertz CT molecular complexity index is 456. The minimum atomic E-state index is -0.248. The van der Waals surface area contributed by atoms with Gasteiger partial charge in [-0.25, -0.2) is 0 Å². The number of benzene rings is 1. The van der Waals surface area contributed by atoms with Crippen molar-refractivity contribution in [2.45, 2.75) is 19.9 Å². The average Bonchev–Trinajstić information content (AvgIpc) is 2.56. The summed E-state index contributed by atoms with van der Waals surface area (Å²) in [5.74, 6) is -0.275. The largest absolute Gasteiger partial charge is 0.269 e. The van der Waals surface area contributed by atoms with Gasteiger partial charge in [0.05, 0.1) is 17.2 Å². The molecule has 3 heteroatoms. The molecular weight excluding hydrogens is 214 g/mol. The number of fused-ring (bicyclic) bond motifs is 1. The lowest BCUT2D eigenvalue weighted by Crippen LogP contribution is -2.41. The highest BCUT2D eigenvalue weighted by molar-refractivity contribution is 6.21. The molecule has 0 fully saturated rings. The quantitative estimate of drug-likeness (QED) is 0.590. The van der Waals surface area contributed by atoms with Crippen LogP contribution in [0.15, 0.2) is 36.9 Å². The van der Waals surface area contributed by atoms with Crippen LogP contribution in [0.1, 0.15) is 34.6 Å². The van der Waals surface area contributed by atoms with E-state index in [0.29, 0.717) is 11.1 Å². The van der Waals surface area contributed by atoms with E-state index in [-0.39, 0.29) is 23.8 Å². The first-order valence-corrected chi connectivity index (χ1v) is 5.67. The van der Waals surface area contributed by atoms with E-state index in [1.807, 2.05) is 13.8 Å². The lowest BCUT2D eigenvalue weighted by Gasteiger charge is -2.26. The first-order chi connectivity index (χ1) is 8.07. The third-order valence-electron chi connectivity index (χ3n) is 3.05. The summed E-state index contributed by atoms with van der Waals surface area (Å²) in [6.07, 6.45) is 1.66. The highest BCUT2D eigenvalue weighted by atomic mass is 16.2. The normalized spacial score (nSPS) is 16.3. The minimum Gasteiger partial charge on any atom is -0.269 e. The molecule has 1 atom stereocenters. The molecule has 0 saturated carbocycles. The van der Waals surface area contributed by atoms with Crippen LogP contribution in [0.4, 0.5) is 0 Å². The molecule has 1 aliphatic rings. The predicted molar refractivity (Wildman–Crippen MR) is 65.8 cm³/mol. The van der Waals surface area contributed by atoms with Crippen molar-refractivity contribution in [1.82, 2.24) is 4.90 Å². The van der Waals surface area contributed by atoms with Crippen molar-refractivity contribution in [3.63, 3.8) is 0 Å². The van der Waals surface area contributed by atoms with Gasteiger partial charge in [-0.3, -0.25) is 14.5 Å². The maximum absolute atomic E-state index is 12.2. The lowest BCUT2D eigenvalue weighted by molar-refractivity contribution is 0.0583. The molecule has 2 rings (SSSR count). The van der Waals surface area contributed by atoms with Crippen LogP contribution in [0, 0.1) is 5.92 Å². The van der Waals surface area contributed by atoms with Gasteiger partial charge in [-0.1, -0.05) is 32.1 Å². The third-order valence-corrected chi connectivity index (χ3v) is 3.05. The maximum atomic E-state index is 12.2. The molecule has 2 amide bonds. The van der Waals surface area contributed by atoms with Crippen molar-refractivity contribution in [2.75, 3.05) is 0 Å². The van der Waals surface area contributed by atoms with Crippen LogP contribution in [0.2, 0.25) is 0 Å². The molecule has 0 radical (unpaired) electrons. The van der Waals surface area contributed by atoms with Gasteiger partial charge in [0, 0.05) is 0 Å². The van der Waals surface area contributed by atoms with Gasteiger partial charge in [-0.2, -0.15) is 0 Å². The van der Waals surface area contributed by atoms with Gasteiger partial charge in [-0.05, 0) is 18.1 Å². The summed E-state index contributed by atoms with van der Waals surface area (Å²) in [6, 6.07) is 6.67. The zero-order chi connectivity index (χ0) is 12.6. The molecule has 0 bridgehead atoms. The number of rotatable bonds is 3. The Balaban J connectivity index is 2.45. The fourth-order valence-corrected chi connectivity index (χ4v) is 2.15. The van der Waals surface area contributed by atoms with E-state index in [0.717, 1.165) is 0 Å². The third kappa shape index (κ3) is 1.68. The fraction of sp³-hybridized carbons (Fsp3) is 0.286. The summed E-state index contributed by atoms with van der Waals surface area (Å²) >= 11 is 0. The highest BCUT2D eigenvalue weighted by Crippen LogP contribution is 2.27. The van der Waals surface area contributed by atoms with Crippen molar-refractivity contribution in [3.8, 4) is 0 Å². The second kappa shape index (κ2) is 4.17. The van der Waals surface area contributed by atoms with Gasteiger partial charge in [0.1, 0.15) is 0 Å². The van der Waals surface area contributed by atoms with E-state index < -0.39 is 0 Å². The number of imide groups is 1. The van der Waals surface area contributed by atoms with Crippen LogP contribution in [0.25, 0.3) is 0 Å². The fourth-order valence-electron chi connectivity index (χ4n) is 2.15. The van der Waals surface area contributed by atoms with Crippen molar-refractivity contribution in [1.29, 1.82) is 0 Å². The van der Waals surface area contributed by atoms with Gasteiger partial charge in [0.25, 0.3) is 11.8 Å². The number of carbonyl (C=O) groups excluding carboxylic acids is 2. The molecule has 88 valence electrons. The second-order valence-corrected chi connectivity index (χ2v) is 4.50.